The number of cyclic esters (lactones) is 1. The van der Waals surface area contributed by atoms with Crippen LogP contribution in [0.1, 0.15) is 46.0 Å². The lowest BCUT2D eigenvalue weighted by Crippen LogP contribution is -2.60. The van der Waals surface area contributed by atoms with Gasteiger partial charge in [0.1, 0.15) is 12.7 Å². The second-order valence-corrected chi connectivity index (χ2v) is 9.75. The second-order valence-electron chi connectivity index (χ2n) is 8.91. The Balaban J connectivity index is 1.62. The van der Waals surface area contributed by atoms with Crippen molar-refractivity contribution in [2.75, 3.05) is 13.2 Å². The van der Waals surface area contributed by atoms with Crippen LogP contribution in [0.3, 0.4) is 0 Å². The molecule has 1 unspecified atom stereocenters. The molecule has 0 spiro atoms. The number of ether oxygens (including phenoxy) is 1. The van der Waals surface area contributed by atoms with Gasteiger partial charge in [-0.1, -0.05) is 32.1 Å². The molecule has 6 nitrogen and oxygen atoms in total. The maximum Gasteiger partial charge on any atom is 0.336 e. The fourth-order valence-corrected chi connectivity index (χ4v) is 6.90. The fraction of sp³-hybridized carbons (Fsp3) is 0.750. The topological polar surface area (TPSA) is 82.1 Å². The van der Waals surface area contributed by atoms with Crippen LogP contribution in [0.25, 0.3) is 0 Å². The summed E-state index contributed by atoms with van der Waals surface area (Å²) in [5, 5.41) is 9.97. The maximum atomic E-state index is 11.8. The van der Waals surface area contributed by atoms with Crippen molar-refractivity contribution in [1.82, 2.24) is 0 Å². The average molecular weight is 397 g/mol. The number of aliphatic hydroxyl groups excluding tert-OH is 1. The van der Waals surface area contributed by atoms with Crippen LogP contribution < -0.4 is 0 Å². The number of fused-ring (bicyclic) bond motifs is 3. The highest BCUT2D eigenvalue weighted by Gasteiger charge is 2.60. The number of hydrogen-bond acceptors (Lipinski definition) is 6. The monoisotopic (exact) mass is 396 g/mol. The third-order valence-electron chi connectivity index (χ3n) is 7.52. The van der Waals surface area contributed by atoms with Crippen molar-refractivity contribution in [3.63, 3.8) is 0 Å². The fourth-order valence-electron chi connectivity index (χ4n) is 5.98. The van der Waals surface area contributed by atoms with Crippen molar-refractivity contribution < 1.29 is 27.2 Å². The van der Waals surface area contributed by atoms with Crippen LogP contribution in [0.2, 0.25) is 0 Å². The molecule has 150 valence electrons. The Labute approximate surface area is 162 Å². The van der Waals surface area contributed by atoms with Gasteiger partial charge in [-0.05, 0) is 49.4 Å². The minimum absolute atomic E-state index is 0.00332. The highest BCUT2D eigenvalue weighted by molar-refractivity contribution is 7.75. The quantitative estimate of drug-likeness (QED) is 0.439. The molecule has 4 fully saturated rings. The van der Waals surface area contributed by atoms with E-state index in [1.54, 1.807) is 0 Å². The van der Waals surface area contributed by atoms with Gasteiger partial charge in [-0.25, -0.2) is 4.79 Å². The lowest BCUT2D eigenvalue weighted by Gasteiger charge is -2.61. The van der Waals surface area contributed by atoms with Gasteiger partial charge >= 0.3 is 17.3 Å². The van der Waals surface area contributed by atoms with E-state index in [0.717, 1.165) is 25.7 Å². The third kappa shape index (κ3) is 3.03. The summed E-state index contributed by atoms with van der Waals surface area (Å²) < 4.78 is 27.7. The molecular formula is C20H28O6S. The molecule has 2 saturated heterocycles. The Morgan fingerprint density at radius 1 is 1.33 bits per heavy atom. The molecule has 0 aromatic rings. The summed E-state index contributed by atoms with van der Waals surface area (Å²) in [5.74, 6) is 0.155. The first-order valence-corrected chi connectivity index (χ1v) is 10.7. The van der Waals surface area contributed by atoms with Crippen LogP contribution in [0, 0.1) is 22.7 Å². The van der Waals surface area contributed by atoms with E-state index in [1.807, 2.05) is 6.08 Å². The van der Waals surface area contributed by atoms with Gasteiger partial charge < -0.3 is 9.84 Å². The van der Waals surface area contributed by atoms with Crippen LogP contribution in [0.15, 0.2) is 23.8 Å². The Hall–Kier alpha value is -1.02. The molecule has 0 aromatic carbocycles. The van der Waals surface area contributed by atoms with E-state index in [0.29, 0.717) is 24.5 Å². The zero-order chi connectivity index (χ0) is 19.4. The van der Waals surface area contributed by atoms with Crippen molar-refractivity contribution in [1.29, 1.82) is 0 Å². The Bertz CT molecular complexity index is 717. The van der Waals surface area contributed by atoms with Crippen LogP contribution in [0.5, 0.6) is 0 Å². The zero-order valence-corrected chi connectivity index (χ0v) is 16.8. The lowest BCUT2D eigenvalue weighted by molar-refractivity contribution is -0.154. The molecule has 2 heterocycles. The van der Waals surface area contributed by atoms with Gasteiger partial charge in [0.25, 0.3) is 0 Å². The van der Waals surface area contributed by atoms with E-state index in [2.05, 4.69) is 20.4 Å². The predicted molar refractivity (Wildman–Crippen MR) is 99.4 cm³/mol. The number of hydrogen-bond donors (Lipinski definition) is 1. The predicted octanol–water partition coefficient (Wildman–Crippen LogP) is 2.60. The molecule has 0 radical (unpaired) electrons. The first-order valence-electron chi connectivity index (χ1n) is 9.71. The van der Waals surface area contributed by atoms with Crippen molar-refractivity contribution in [3.8, 4) is 0 Å². The minimum Gasteiger partial charge on any atom is -0.459 e. The van der Waals surface area contributed by atoms with Crippen molar-refractivity contribution in [2.45, 2.75) is 58.2 Å². The summed E-state index contributed by atoms with van der Waals surface area (Å²) >= 11 is -1.65. The molecule has 1 N–H and O–H groups in total. The van der Waals surface area contributed by atoms with Gasteiger partial charge in [-0.15, -0.1) is 0 Å². The van der Waals surface area contributed by atoms with Gasteiger partial charge in [-0.2, -0.15) is 4.21 Å². The van der Waals surface area contributed by atoms with E-state index in [9.17, 15) is 14.1 Å². The van der Waals surface area contributed by atoms with E-state index < -0.39 is 23.4 Å². The smallest absolute Gasteiger partial charge is 0.336 e. The largest absolute Gasteiger partial charge is 0.459 e. The van der Waals surface area contributed by atoms with E-state index in [1.165, 1.54) is 5.57 Å². The van der Waals surface area contributed by atoms with Gasteiger partial charge in [-0.3, -0.25) is 8.37 Å². The number of allylic oxidation sites excluding steroid dienone is 2. The summed E-state index contributed by atoms with van der Waals surface area (Å²) in [6.07, 6.45) is 5.36. The number of aliphatic hydroxyl groups is 1. The lowest BCUT2D eigenvalue weighted by atomic mass is 9.46. The average Bonchev–Trinajstić information content (AvgIpc) is 2.93. The summed E-state index contributed by atoms with van der Waals surface area (Å²) in [5.41, 5.74) is 1.39. The van der Waals surface area contributed by atoms with Crippen molar-refractivity contribution in [3.05, 3.63) is 23.8 Å². The highest BCUT2D eigenvalue weighted by atomic mass is 32.2. The molecule has 0 aromatic heterocycles. The third-order valence-corrected chi connectivity index (χ3v) is 8.22. The second kappa shape index (κ2) is 6.79. The highest BCUT2D eigenvalue weighted by Crippen LogP contribution is 2.63. The Kier molecular flexibility index (Phi) is 4.86. The molecule has 0 amide bonds. The zero-order valence-electron chi connectivity index (χ0n) is 15.9. The molecule has 2 saturated carbocycles. The molecule has 4 aliphatic rings. The molecule has 0 bridgehead atoms. The number of carbonyl (C=O) groups excluding carboxylic acids is 1. The van der Waals surface area contributed by atoms with Crippen LogP contribution in [-0.2, 0) is 29.3 Å². The van der Waals surface area contributed by atoms with E-state index in [-0.39, 0.29) is 29.5 Å². The van der Waals surface area contributed by atoms with Gasteiger partial charge in [0, 0.05) is 5.41 Å². The van der Waals surface area contributed by atoms with Crippen LogP contribution in [0.4, 0.5) is 0 Å². The summed E-state index contributed by atoms with van der Waals surface area (Å²) in [6, 6.07) is 0. The molecular weight excluding hydrogens is 368 g/mol. The molecule has 4 rings (SSSR count). The van der Waals surface area contributed by atoms with Gasteiger partial charge in [0.05, 0.1) is 18.3 Å². The standard InChI is InChI=1S/C20H28O6S/c1-12-4-7-16-19(2,9-8-17-20(16,3)11-25-27(23)26-17)14(12)6-5-13-15(21)10-24-18(13)22/h5,14-17,21H,1,4,6-11H2,2-3H3/b13-5+/t14-,15-,16+,17-,19+,20+,27?/m1/s1. The summed E-state index contributed by atoms with van der Waals surface area (Å²) in [7, 11) is 0. The number of carbonyl (C=O) groups is 1. The van der Waals surface area contributed by atoms with Crippen molar-refractivity contribution in [2.24, 2.45) is 22.7 Å². The van der Waals surface area contributed by atoms with E-state index >= 15 is 0 Å². The summed E-state index contributed by atoms with van der Waals surface area (Å²) in [4.78, 5) is 11.8. The van der Waals surface area contributed by atoms with E-state index in [4.69, 9.17) is 13.1 Å². The van der Waals surface area contributed by atoms with Crippen molar-refractivity contribution >= 4 is 17.3 Å². The normalized spacial score (nSPS) is 48.9. The summed E-state index contributed by atoms with van der Waals surface area (Å²) in [6.45, 7) is 9.32. The maximum absolute atomic E-state index is 11.8. The Morgan fingerprint density at radius 3 is 2.81 bits per heavy atom. The van der Waals surface area contributed by atoms with Crippen LogP contribution in [-0.4, -0.2) is 40.7 Å². The number of rotatable bonds is 2. The Morgan fingerprint density at radius 2 is 2.11 bits per heavy atom. The molecule has 27 heavy (non-hydrogen) atoms. The molecule has 7 atom stereocenters. The molecule has 2 aliphatic carbocycles. The number of esters is 1. The minimum atomic E-state index is -1.65. The SMILES string of the molecule is C=C1CC[C@@H]2[C@]3(C)COS(=O)O[C@@H]3CC[C@@]2(C)[C@@H]1C/C=C1/C(=O)OC[C@H]1O. The molecule has 2 aliphatic heterocycles. The first-order chi connectivity index (χ1) is 12.8. The van der Waals surface area contributed by atoms with Gasteiger partial charge in [0.15, 0.2) is 0 Å². The molecule has 7 heteroatoms. The first kappa shape index (κ1) is 19.3. The van der Waals surface area contributed by atoms with Crippen LogP contribution >= 0.6 is 0 Å². The van der Waals surface area contributed by atoms with Gasteiger partial charge in [0.2, 0.25) is 0 Å².